The first-order valence-corrected chi connectivity index (χ1v) is 8.23. The van der Waals surface area contributed by atoms with Crippen LogP contribution in [0.2, 0.25) is 5.02 Å². The molecule has 0 fully saturated rings. The lowest BCUT2D eigenvalue weighted by atomic mass is 10.2. The summed E-state index contributed by atoms with van der Waals surface area (Å²) in [6, 6.07) is 14.9. The second kappa shape index (κ2) is 5.81. The SMILES string of the molecule is O=c1cc(-c2ccc(Cl)cc2)sc2nc(-c3ccccc3F)nn12. The molecule has 0 aliphatic carbocycles. The molecule has 2 heterocycles. The summed E-state index contributed by atoms with van der Waals surface area (Å²) in [7, 11) is 0. The normalized spacial score (nSPS) is 11.1. The highest BCUT2D eigenvalue weighted by Gasteiger charge is 2.14. The Kier molecular flexibility index (Phi) is 3.63. The van der Waals surface area contributed by atoms with Crippen molar-refractivity contribution in [2.75, 3.05) is 0 Å². The first kappa shape index (κ1) is 15.0. The molecule has 4 aromatic rings. The molecule has 7 heteroatoms. The molecule has 0 saturated heterocycles. The molecular weight excluding hydrogens is 349 g/mol. The van der Waals surface area contributed by atoms with Crippen LogP contribution in [0.1, 0.15) is 0 Å². The molecule has 0 saturated carbocycles. The average molecular weight is 358 g/mol. The number of nitrogens with zero attached hydrogens (tertiary/aromatic N) is 3. The van der Waals surface area contributed by atoms with E-state index in [1.165, 1.54) is 28.0 Å². The zero-order valence-electron chi connectivity index (χ0n) is 12.1. The van der Waals surface area contributed by atoms with Gasteiger partial charge in [-0.2, -0.15) is 9.50 Å². The van der Waals surface area contributed by atoms with E-state index < -0.39 is 5.82 Å². The van der Waals surface area contributed by atoms with E-state index in [4.69, 9.17) is 11.6 Å². The van der Waals surface area contributed by atoms with E-state index in [2.05, 4.69) is 10.1 Å². The lowest BCUT2D eigenvalue weighted by Crippen LogP contribution is -2.11. The summed E-state index contributed by atoms with van der Waals surface area (Å²) in [6.07, 6.45) is 0. The topological polar surface area (TPSA) is 47.3 Å². The van der Waals surface area contributed by atoms with Crippen LogP contribution in [-0.4, -0.2) is 14.6 Å². The second-order valence-electron chi connectivity index (χ2n) is 5.07. The Balaban J connectivity index is 1.89. The van der Waals surface area contributed by atoms with Crippen molar-refractivity contribution in [3.63, 3.8) is 0 Å². The molecule has 0 aliphatic rings. The van der Waals surface area contributed by atoms with Crippen molar-refractivity contribution in [2.24, 2.45) is 0 Å². The number of hydrogen-bond acceptors (Lipinski definition) is 4. The molecule has 0 aliphatic heterocycles. The maximum atomic E-state index is 13.9. The van der Waals surface area contributed by atoms with E-state index in [0.29, 0.717) is 9.98 Å². The van der Waals surface area contributed by atoms with Gasteiger partial charge in [-0.1, -0.05) is 47.2 Å². The van der Waals surface area contributed by atoms with E-state index in [9.17, 15) is 9.18 Å². The molecular formula is C17H9ClFN3OS. The Hall–Kier alpha value is -2.57. The van der Waals surface area contributed by atoms with Gasteiger partial charge >= 0.3 is 0 Å². The summed E-state index contributed by atoms with van der Waals surface area (Å²) in [6.45, 7) is 0. The molecule has 0 spiro atoms. The van der Waals surface area contributed by atoms with Crippen LogP contribution in [0.4, 0.5) is 4.39 Å². The zero-order valence-corrected chi connectivity index (χ0v) is 13.7. The lowest BCUT2D eigenvalue weighted by Gasteiger charge is -2.00. The summed E-state index contributed by atoms with van der Waals surface area (Å²) in [4.78, 5) is 17.8. The molecule has 24 heavy (non-hydrogen) atoms. The first-order chi connectivity index (χ1) is 11.6. The van der Waals surface area contributed by atoms with Crippen LogP contribution in [0.15, 0.2) is 59.4 Å². The fraction of sp³-hybridized carbons (Fsp3) is 0. The highest BCUT2D eigenvalue weighted by Crippen LogP contribution is 2.27. The summed E-state index contributed by atoms with van der Waals surface area (Å²) in [5.41, 5.74) is 0.809. The quantitative estimate of drug-likeness (QED) is 0.538. The average Bonchev–Trinajstić information content (AvgIpc) is 3.00. The smallest absolute Gasteiger partial charge is 0.267 e. The van der Waals surface area contributed by atoms with Crippen molar-refractivity contribution in [2.45, 2.75) is 0 Å². The molecule has 0 amide bonds. The molecule has 0 radical (unpaired) electrons. The van der Waals surface area contributed by atoms with Crippen LogP contribution >= 0.6 is 22.9 Å². The van der Waals surface area contributed by atoms with Crippen molar-refractivity contribution in [3.05, 3.63) is 75.8 Å². The Labute approximate surface area is 144 Å². The molecule has 2 aromatic heterocycles. The summed E-state index contributed by atoms with van der Waals surface area (Å²) >= 11 is 7.20. The van der Waals surface area contributed by atoms with Crippen LogP contribution in [0, 0.1) is 5.82 Å². The summed E-state index contributed by atoms with van der Waals surface area (Å²) in [5, 5.41) is 4.76. The van der Waals surface area contributed by atoms with Gasteiger partial charge in [0.25, 0.3) is 5.56 Å². The predicted octanol–water partition coefficient (Wildman–Crippen LogP) is 4.28. The minimum Gasteiger partial charge on any atom is -0.267 e. The van der Waals surface area contributed by atoms with E-state index in [-0.39, 0.29) is 16.9 Å². The Morgan fingerprint density at radius 3 is 2.58 bits per heavy atom. The standard InChI is InChI=1S/C17H9ClFN3OS/c18-11-7-5-10(6-8-11)14-9-15(23)22-17(24-14)20-16(21-22)12-3-1-2-4-13(12)19/h1-9H. The Bertz CT molecular complexity index is 1100. The second-order valence-corrected chi connectivity index (χ2v) is 6.51. The van der Waals surface area contributed by atoms with Gasteiger partial charge in [0, 0.05) is 16.0 Å². The number of aromatic nitrogens is 3. The van der Waals surface area contributed by atoms with Gasteiger partial charge in [0.05, 0.1) is 5.56 Å². The minimum atomic E-state index is -0.427. The van der Waals surface area contributed by atoms with E-state index in [0.717, 1.165) is 10.4 Å². The van der Waals surface area contributed by atoms with Gasteiger partial charge < -0.3 is 0 Å². The number of hydrogen-bond donors (Lipinski definition) is 0. The predicted molar refractivity (Wildman–Crippen MR) is 93.0 cm³/mol. The molecule has 0 bridgehead atoms. The van der Waals surface area contributed by atoms with Crippen molar-refractivity contribution < 1.29 is 4.39 Å². The molecule has 0 atom stereocenters. The maximum absolute atomic E-state index is 13.9. The maximum Gasteiger partial charge on any atom is 0.275 e. The minimum absolute atomic E-state index is 0.190. The highest BCUT2D eigenvalue weighted by atomic mass is 35.5. The van der Waals surface area contributed by atoms with Crippen LogP contribution < -0.4 is 5.56 Å². The van der Waals surface area contributed by atoms with Gasteiger partial charge in [-0.05, 0) is 29.8 Å². The first-order valence-electron chi connectivity index (χ1n) is 7.03. The van der Waals surface area contributed by atoms with E-state index >= 15 is 0 Å². The van der Waals surface area contributed by atoms with E-state index in [1.54, 1.807) is 30.3 Å². The number of fused-ring (bicyclic) bond motifs is 1. The van der Waals surface area contributed by atoms with Crippen molar-refractivity contribution in [1.82, 2.24) is 14.6 Å². The lowest BCUT2D eigenvalue weighted by molar-refractivity contribution is 0.630. The third-order valence-corrected chi connectivity index (χ3v) is 4.76. The van der Waals surface area contributed by atoms with Gasteiger partial charge in [-0.3, -0.25) is 4.79 Å². The third-order valence-electron chi connectivity index (χ3n) is 3.49. The van der Waals surface area contributed by atoms with Crippen LogP contribution in [0.3, 0.4) is 0 Å². The fourth-order valence-corrected chi connectivity index (χ4v) is 3.41. The molecule has 0 N–H and O–H groups in total. The van der Waals surface area contributed by atoms with Gasteiger partial charge in [0.2, 0.25) is 4.96 Å². The van der Waals surface area contributed by atoms with Gasteiger partial charge in [0.1, 0.15) is 5.82 Å². The van der Waals surface area contributed by atoms with E-state index in [1.807, 2.05) is 12.1 Å². The van der Waals surface area contributed by atoms with Crippen LogP contribution in [0.25, 0.3) is 26.8 Å². The molecule has 0 unspecified atom stereocenters. The fourth-order valence-electron chi connectivity index (χ4n) is 2.32. The van der Waals surface area contributed by atoms with Gasteiger partial charge in [-0.25, -0.2) is 4.39 Å². The van der Waals surface area contributed by atoms with Crippen molar-refractivity contribution in [1.29, 1.82) is 0 Å². The number of halogens is 2. The monoisotopic (exact) mass is 357 g/mol. The molecule has 2 aromatic carbocycles. The zero-order chi connectivity index (χ0) is 16.7. The number of rotatable bonds is 2. The molecule has 118 valence electrons. The number of benzene rings is 2. The Morgan fingerprint density at radius 1 is 1.08 bits per heavy atom. The summed E-state index contributed by atoms with van der Waals surface area (Å²) < 4.78 is 15.1. The largest absolute Gasteiger partial charge is 0.275 e. The van der Waals surface area contributed by atoms with Crippen molar-refractivity contribution >= 4 is 27.9 Å². The molecule has 4 nitrogen and oxygen atoms in total. The van der Waals surface area contributed by atoms with Crippen molar-refractivity contribution in [3.8, 4) is 21.8 Å². The van der Waals surface area contributed by atoms with Gasteiger partial charge in [0.15, 0.2) is 5.82 Å². The highest BCUT2D eigenvalue weighted by molar-refractivity contribution is 7.19. The van der Waals surface area contributed by atoms with Crippen LogP contribution in [0.5, 0.6) is 0 Å². The Morgan fingerprint density at radius 2 is 1.83 bits per heavy atom. The molecule has 4 rings (SSSR count). The van der Waals surface area contributed by atoms with Crippen LogP contribution in [-0.2, 0) is 0 Å². The van der Waals surface area contributed by atoms with Gasteiger partial charge in [-0.15, -0.1) is 5.10 Å². The third kappa shape index (κ3) is 2.60. The summed E-state index contributed by atoms with van der Waals surface area (Å²) in [5.74, 6) is -0.238.